The van der Waals surface area contributed by atoms with E-state index in [1.54, 1.807) is 0 Å². The van der Waals surface area contributed by atoms with E-state index in [1.165, 1.54) is 33.7 Å². The van der Waals surface area contributed by atoms with Gasteiger partial charge in [0.05, 0.1) is 0 Å². The van der Waals surface area contributed by atoms with Crippen molar-refractivity contribution >= 4 is 11.3 Å². The third-order valence-corrected chi connectivity index (χ3v) is 5.29. The molecule has 1 fully saturated rings. The van der Waals surface area contributed by atoms with Gasteiger partial charge in [-0.2, -0.15) is 0 Å². The Balaban J connectivity index is 1.84. The lowest BCUT2D eigenvalue weighted by molar-refractivity contribution is 0.504. The number of rotatable bonds is 6. The van der Waals surface area contributed by atoms with E-state index in [0.29, 0.717) is 6.04 Å². The second-order valence-corrected chi connectivity index (χ2v) is 6.74. The van der Waals surface area contributed by atoms with Crippen LogP contribution in [0.1, 0.15) is 43.2 Å². The predicted octanol–water partition coefficient (Wildman–Crippen LogP) is 5.04. The smallest absolute Gasteiger partial charge is 0.0443 e. The molecule has 1 aromatic heterocycles. The van der Waals surface area contributed by atoms with Crippen molar-refractivity contribution in [3.8, 4) is 10.4 Å². The monoisotopic (exact) mass is 285 g/mol. The summed E-state index contributed by atoms with van der Waals surface area (Å²) in [6.45, 7) is 5.47. The van der Waals surface area contributed by atoms with Crippen molar-refractivity contribution in [2.24, 2.45) is 5.92 Å². The summed E-state index contributed by atoms with van der Waals surface area (Å²) in [4.78, 5) is 2.91. The number of nitrogens with one attached hydrogen (secondary N) is 1. The molecule has 20 heavy (non-hydrogen) atoms. The topological polar surface area (TPSA) is 12.0 Å². The van der Waals surface area contributed by atoms with Gasteiger partial charge in [0, 0.05) is 15.8 Å². The largest absolute Gasteiger partial charge is 0.309 e. The van der Waals surface area contributed by atoms with Crippen molar-refractivity contribution in [3.63, 3.8) is 0 Å². The van der Waals surface area contributed by atoms with Crippen LogP contribution < -0.4 is 5.32 Å². The number of aryl methyl sites for hydroxylation is 1. The van der Waals surface area contributed by atoms with E-state index < -0.39 is 0 Å². The molecule has 0 bridgehead atoms. The number of benzene rings is 1. The summed E-state index contributed by atoms with van der Waals surface area (Å²) in [6, 6.07) is 14.1. The zero-order chi connectivity index (χ0) is 13.9. The predicted molar refractivity (Wildman–Crippen MR) is 88.3 cm³/mol. The zero-order valence-corrected chi connectivity index (χ0v) is 13.2. The molecular formula is C18H23NS. The second-order valence-electron chi connectivity index (χ2n) is 5.63. The Morgan fingerprint density at radius 1 is 1.20 bits per heavy atom. The lowest BCUT2D eigenvalue weighted by Crippen LogP contribution is -2.21. The molecule has 1 atom stereocenters. The molecule has 1 saturated carbocycles. The summed E-state index contributed by atoms with van der Waals surface area (Å²) in [7, 11) is 0. The van der Waals surface area contributed by atoms with Gasteiger partial charge in [0.2, 0.25) is 0 Å². The van der Waals surface area contributed by atoms with Crippen LogP contribution in [0.5, 0.6) is 0 Å². The van der Waals surface area contributed by atoms with E-state index in [2.05, 4.69) is 55.6 Å². The molecule has 2 heteroatoms. The SMILES string of the molecule is CCNC(c1ccc(-c2cccc(CC)c2)s1)C1CC1. The summed E-state index contributed by atoms with van der Waals surface area (Å²) >= 11 is 1.96. The van der Waals surface area contributed by atoms with Gasteiger partial charge >= 0.3 is 0 Å². The Morgan fingerprint density at radius 2 is 2.05 bits per heavy atom. The molecular weight excluding hydrogens is 262 g/mol. The maximum absolute atomic E-state index is 3.66. The van der Waals surface area contributed by atoms with Gasteiger partial charge in [0.15, 0.2) is 0 Å². The zero-order valence-electron chi connectivity index (χ0n) is 12.4. The van der Waals surface area contributed by atoms with E-state index in [-0.39, 0.29) is 0 Å². The first kappa shape index (κ1) is 13.8. The Morgan fingerprint density at radius 3 is 2.75 bits per heavy atom. The van der Waals surface area contributed by atoms with Gasteiger partial charge in [0.1, 0.15) is 0 Å². The minimum Gasteiger partial charge on any atom is -0.309 e. The van der Waals surface area contributed by atoms with E-state index in [9.17, 15) is 0 Å². The number of thiophene rings is 1. The maximum atomic E-state index is 3.66. The first-order valence-corrected chi connectivity index (χ1v) is 8.56. The van der Waals surface area contributed by atoms with Crippen LogP contribution in [-0.2, 0) is 6.42 Å². The maximum Gasteiger partial charge on any atom is 0.0443 e. The summed E-state index contributed by atoms with van der Waals surface area (Å²) < 4.78 is 0. The Hall–Kier alpha value is -1.12. The highest BCUT2D eigenvalue weighted by Crippen LogP contribution is 2.44. The molecule has 1 N–H and O–H groups in total. The van der Waals surface area contributed by atoms with Crippen LogP contribution in [0.4, 0.5) is 0 Å². The fourth-order valence-corrected chi connectivity index (χ4v) is 3.94. The highest BCUT2D eigenvalue weighted by molar-refractivity contribution is 7.15. The van der Waals surface area contributed by atoms with E-state index in [0.717, 1.165) is 18.9 Å². The number of hydrogen-bond donors (Lipinski definition) is 1. The van der Waals surface area contributed by atoms with Gasteiger partial charge in [-0.15, -0.1) is 11.3 Å². The van der Waals surface area contributed by atoms with Gasteiger partial charge in [-0.25, -0.2) is 0 Å². The third-order valence-electron chi connectivity index (χ3n) is 4.07. The van der Waals surface area contributed by atoms with Crippen LogP contribution in [0.2, 0.25) is 0 Å². The summed E-state index contributed by atoms with van der Waals surface area (Å²) in [5, 5.41) is 3.66. The van der Waals surface area contributed by atoms with Gasteiger partial charge in [-0.1, -0.05) is 38.1 Å². The highest BCUT2D eigenvalue weighted by atomic mass is 32.1. The molecule has 0 aliphatic heterocycles. The lowest BCUT2D eigenvalue weighted by Gasteiger charge is -2.15. The molecule has 1 nitrogen and oxygen atoms in total. The minimum atomic E-state index is 0.577. The van der Waals surface area contributed by atoms with Crippen LogP contribution in [0.3, 0.4) is 0 Å². The fourth-order valence-electron chi connectivity index (χ4n) is 2.77. The molecule has 0 saturated heterocycles. The Labute approximate surface area is 126 Å². The molecule has 2 aromatic rings. The van der Waals surface area contributed by atoms with Crippen molar-refractivity contribution < 1.29 is 0 Å². The average Bonchev–Trinajstić information content (AvgIpc) is 3.21. The van der Waals surface area contributed by atoms with Gasteiger partial charge in [-0.3, -0.25) is 0 Å². The third kappa shape index (κ3) is 2.97. The summed E-state index contributed by atoms with van der Waals surface area (Å²) in [6.07, 6.45) is 3.88. The molecule has 3 rings (SSSR count). The van der Waals surface area contributed by atoms with E-state index >= 15 is 0 Å². The van der Waals surface area contributed by atoms with E-state index in [1.807, 2.05) is 11.3 Å². The first-order chi connectivity index (χ1) is 9.81. The quantitative estimate of drug-likeness (QED) is 0.784. The van der Waals surface area contributed by atoms with E-state index in [4.69, 9.17) is 0 Å². The summed E-state index contributed by atoms with van der Waals surface area (Å²) in [5.41, 5.74) is 2.79. The normalized spacial score (nSPS) is 16.3. The van der Waals surface area contributed by atoms with Gasteiger partial charge < -0.3 is 5.32 Å². The van der Waals surface area contributed by atoms with Crippen molar-refractivity contribution in [1.29, 1.82) is 0 Å². The first-order valence-electron chi connectivity index (χ1n) is 7.74. The molecule has 1 heterocycles. The Kier molecular flexibility index (Phi) is 4.23. The molecule has 1 aromatic carbocycles. The molecule has 1 unspecified atom stereocenters. The molecule has 1 aliphatic rings. The lowest BCUT2D eigenvalue weighted by atomic mass is 10.1. The molecule has 1 aliphatic carbocycles. The van der Waals surface area contributed by atoms with Crippen molar-refractivity contribution in [2.45, 2.75) is 39.2 Å². The van der Waals surface area contributed by atoms with Crippen LogP contribution in [0, 0.1) is 5.92 Å². The Bertz CT molecular complexity index is 568. The van der Waals surface area contributed by atoms with Crippen molar-refractivity contribution in [1.82, 2.24) is 5.32 Å². The van der Waals surface area contributed by atoms with Gasteiger partial charge in [0.25, 0.3) is 0 Å². The molecule has 0 amide bonds. The average molecular weight is 285 g/mol. The van der Waals surface area contributed by atoms with Crippen LogP contribution >= 0.6 is 11.3 Å². The fraction of sp³-hybridized carbons (Fsp3) is 0.444. The van der Waals surface area contributed by atoms with Crippen molar-refractivity contribution in [3.05, 3.63) is 46.8 Å². The molecule has 0 radical (unpaired) electrons. The molecule has 106 valence electrons. The van der Waals surface area contributed by atoms with Crippen LogP contribution in [0.15, 0.2) is 36.4 Å². The minimum absolute atomic E-state index is 0.577. The summed E-state index contributed by atoms with van der Waals surface area (Å²) in [5.74, 6) is 0.864. The highest BCUT2D eigenvalue weighted by Gasteiger charge is 2.32. The van der Waals surface area contributed by atoms with Crippen molar-refractivity contribution in [2.75, 3.05) is 6.54 Å². The number of hydrogen-bond acceptors (Lipinski definition) is 2. The van der Waals surface area contributed by atoms with Crippen LogP contribution in [0.25, 0.3) is 10.4 Å². The standard InChI is InChI=1S/C18H23NS/c1-3-13-6-5-7-15(12-13)16-10-11-17(20-16)18(19-4-2)14-8-9-14/h5-7,10-12,14,18-19H,3-4,8-9H2,1-2H3. The van der Waals surface area contributed by atoms with Crippen LogP contribution in [-0.4, -0.2) is 6.54 Å². The van der Waals surface area contributed by atoms with Gasteiger partial charge in [-0.05, 0) is 55.0 Å². The molecule has 0 spiro atoms. The second kappa shape index (κ2) is 6.11.